The Morgan fingerprint density at radius 3 is 2.78 bits per heavy atom. The molecule has 3 atom stereocenters. The minimum absolute atomic E-state index is 0.0959. The average molecular weight is 254 g/mol. The van der Waals surface area contributed by atoms with Gasteiger partial charge in [0.25, 0.3) is 0 Å². The number of hydrogen-bond acceptors (Lipinski definition) is 4. The molecule has 1 N–H and O–H groups in total. The van der Waals surface area contributed by atoms with E-state index in [1.165, 1.54) is 6.92 Å². The first kappa shape index (κ1) is 13.0. The first-order valence-electron chi connectivity index (χ1n) is 6.32. The fourth-order valence-electron chi connectivity index (χ4n) is 2.49. The summed E-state index contributed by atoms with van der Waals surface area (Å²) >= 11 is 0. The second kappa shape index (κ2) is 5.06. The minimum Gasteiger partial charge on any atom is -0.378 e. The van der Waals surface area contributed by atoms with Gasteiger partial charge in [0.15, 0.2) is 0 Å². The highest BCUT2D eigenvalue weighted by atomic mass is 16.5. The van der Waals surface area contributed by atoms with Crippen LogP contribution in [0.4, 0.5) is 4.79 Å². The molecule has 2 rings (SSSR count). The molecule has 2 heterocycles. The fourth-order valence-corrected chi connectivity index (χ4v) is 2.49. The molecule has 0 radical (unpaired) electrons. The second-order valence-electron chi connectivity index (χ2n) is 4.83. The van der Waals surface area contributed by atoms with Crippen molar-refractivity contribution in [2.24, 2.45) is 11.8 Å². The Morgan fingerprint density at radius 2 is 2.11 bits per heavy atom. The van der Waals surface area contributed by atoms with Crippen LogP contribution in [0, 0.1) is 11.8 Å². The third kappa shape index (κ3) is 2.25. The van der Waals surface area contributed by atoms with Crippen molar-refractivity contribution < 1.29 is 19.1 Å². The highest BCUT2D eigenvalue weighted by Crippen LogP contribution is 2.25. The number of ether oxygens (including phenoxy) is 1. The third-order valence-electron chi connectivity index (χ3n) is 3.67. The Labute approximate surface area is 106 Å². The van der Waals surface area contributed by atoms with Crippen LogP contribution in [0.25, 0.3) is 0 Å². The van der Waals surface area contributed by atoms with E-state index in [4.69, 9.17) is 4.74 Å². The van der Waals surface area contributed by atoms with E-state index in [2.05, 4.69) is 5.32 Å². The van der Waals surface area contributed by atoms with Crippen LogP contribution >= 0.6 is 0 Å². The van der Waals surface area contributed by atoms with Crippen molar-refractivity contribution in [2.45, 2.75) is 32.8 Å². The van der Waals surface area contributed by atoms with E-state index in [0.29, 0.717) is 13.2 Å². The van der Waals surface area contributed by atoms with Gasteiger partial charge in [-0.2, -0.15) is 0 Å². The standard InChI is InChI=1S/C12H18N2O4/c1-3-9-8(4-5-18-9)6-14-11(16)7(2)10(15)13-12(14)17/h7-9H,3-6H2,1-2H3,(H,13,15,17). The maximum atomic E-state index is 11.9. The fraction of sp³-hybridized carbons (Fsp3) is 0.750. The molecule has 3 unspecified atom stereocenters. The van der Waals surface area contributed by atoms with Crippen LogP contribution in [0.2, 0.25) is 0 Å². The Hall–Kier alpha value is -1.43. The van der Waals surface area contributed by atoms with E-state index in [-0.39, 0.29) is 12.0 Å². The zero-order valence-electron chi connectivity index (χ0n) is 10.6. The summed E-state index contributed by atoms with van der Waals surface area (Å²) in [6.07, 6.45) is 1.80. The quantitative estimate of drug-likeness (QED) is 0.745. The number of imide groups is 2. The van der Waals surface area contributed by atoms with Crippen molar-refractivity contribution >= 4 is 17.8 Å². The van der Waals surface area contributed by atoms with Gasteiger partial charge >= 0.3 is 6.03 Å². The number of urea groups is 1. The Kier molecular flexibility index (Phi) is 3.65. The summed E-state index contributed by atoms with van der Waals surface area (Å²) in [6, 6.07) is -0.607. The lowest BCUT2D eigenvalue weighted by Crippen LogP contribution is -2.58. The number of nitrogens with zero attached hydrogens (tertiary/aromatic N) is 1. The highest BCUT2D eigenvalue weighted by Gasteiger charge is 2.40. The van der Waals surface area contributed by atoms with Gasteiger partial charge in [0, 0.05) is 19.1 Å². The zero-order valence-corrected chi connectivity index (χ0v) is 10.6. The van der Waals surface area contributed by atoms with Crippen molar-refractivity contribution in [3.63, 3.8) is 0 Å². The van der Waals surface area contributed by atoms with Gasteiger partial charge in [0.2, 0.25) is 11.8 Å². The maximum Gasteiger partial charge on any atom is 0.330 e. The molecule has 6 nitrogen and oxygen atoms in total. The lowest BCUT2D eigenvalue weighted by Gasteiger charge is -2.31. The summed E-state index contributed by atoms with van der Waals surface area (Å²) in [6.45, 7) is 4.54. The second-order valence-corrected chi connectivity index (χ2v) is 4.83. The van der Waals surface area contributed by atoms with Crippen molar-refractivity contribution in [1.29, 1.82) is 0 Å². The lowest BCUT2D eigenvalue weighted by molar-refractivity contribution is -0.142. The van der Waals surface area contributed by atoms with Crippen LogP contribution in [-0.2, 0) is 14.3 Å². The van der Waals surface area contributed by atoms with Crippen LogP contribution in [0.5, 0.6) is 0 Å². The summed E-state index contributed by atoms with van der Waals surface area (Å²) in [5.41, 5.74) is 0. The number of carbonyl (C=O) groups is 3. The Bertz CT molecular complexity index is 382. The molecule has 0 spiro atoms. The molecule has 0 aromatic heterocycles. The smallest absolute Gasteiger partial charge is 0.330 e. The van der Waals surface area contributed by atoms with Crippen molar-refractivity contribution in [3.8, 4) is 0 Å². The molecule has 2 fully saturated rings. The van der Waals surface area contributed by atoms with Crippen LogP contribution in [0.3, 0.4) is 0 Å². The summed E-state index contributed by atoms with van der Waals surface area (Å²) in [5.74, 6) is -1.54. The minimum atomic E-state index is -0.787. The van der Waals surface area contributed by atoms with Gasteiger partial charge < -0.3 is 4.74 Å². The summed E-state index contributed by atoms with van der Waals surface area (Å²) < 4.78 is 5.54. The highest BCUT2D eigenvalue weighted by molar-refractivity contribution is 6.15. The molecule has 2 aliphatic heterocycles. The number of carbonyl (C=O) groups excluding carboxylic acids is 3. The topological polar surface area (TPSA) is 75.7 Å². The van der Waals surface area contributed by atoms with E-state index < -0.39 is 23.8 Å². The SMILES string of the molecule is CCC1OCCC1CN1C(=O)NC(=O)C(C)C1=O. The van der Waals surface area contributed by atoms with Gasteiger partial charge in [-0.05, 0) is 19.8 Å². The maximum absolute atomic E-state index is 11.9. The van der Waals surface area contributed by atoms with Crippen LogP contribution in [0.1, 0.15) is 26.7 Å². The molecule has 0 aliphatic carbocycles. The van der Waals surface area contributed by atoms with Gasteiger partial charge in [0.05, 0.1) is 6.10 Å². The largest absolute Gasteiger partial charge is 0.378 e. The molecule has 2 aliphatic rings. The number of nitrogens with one attached hydrogen (secondary N) is 1. The van der Waals surface area contributed by atoms with E-state index in [1.807, 2.05) is 6.92 Å². The van der Waals surface area contributed by atoms with Crippen LogP contribution < -0.4 is 5.32 Å². The zero-order chi connectivity index (χ0) is 13.3. The first-order chi connectivity index (χ1) is 8.54. The first-order valence-corrected chi connectivity index (χ1v) is 6.32. The van der Waals surface area contributed by atoms with Crippen LogP contribution in [0.15, 0.2) is 0 Å². The normalized spacial score (nSPS) is 32.9. The molecule has 0 aromatic rings. The lowest BCUT2D eigenvalue weighted by atomic mass is 9.97. The van der Waals surface area contributed by atoms with Crippen molar-refractivity contribution in [3.05, 3.63) is 0 Å². The Balaban J connectivity index is 2.06. The molecule has 4 amide bonds. The van der Waals surface area contributed by atoms with Crippen LogP contribution in [-0.4, -0.2) is 42.0 Å². The molecule has 6 heteroatoms. The van der Waals surface area contributed by atoms with E-state index in [1.54, 1.807) is 0 Å². The molecule has 0 aromatic carbocycles. The van der Waals surface area contributed by atoms with Gasteiger partial charge in [-0.15, -0.1) is 0 Å². The molecular formula is C12H18N2O4. The molecule has 100 valence electrons. The number of hydrogen-bond donors (Lipinski definition) is 1. The summed E-state index contributed by atoms with van der Waals surface area (Å²) in [5, 5.41) is 2.20. The van der Waals surface area contributed by atoms with E-state index >= 15 is 0 Å². The Morgan fingerprint density at radius 1 is 1.39 bits per heavy atom. The number of barbiturate groups is 1. The predicted molar refractivity (Wildman–Crippen MR) is 62.6 cm³/mol. The summed E-state index contributed by atoms with van der Waals surface area (Å²) in [4.78, 5) is 36.1. The number of rotatable bonds is 3. The van der Waals surface area contributed by atoms with Crippen molar-refractivity contribution in [2.75, 3.05) is 13.2 Å². The van der Waals surface area contributed by atoms with E-state index in [9.17, 15) is 14.4 Å². The summed E-state index contributed by atoms with van der Waals surface area (Å²) in [7, 11) is 0. The average Bonchev–Trinajstić information content (AvgIpc) is 2.79. The van der Waals surface area contributed by atoms with E-state index in [0.717, 1.165) is 17.7 Å². The molecule has 18 heavy (non-hydrogen) atoms. The molecule has 0 saturated carbocycles. The molecular weight excluding hydrogens is 236 g/mol. The van der Waals surface area contributed by atoms with Crippen molar-refractivity contribution in [1.82, 2.24) is 10.2 Å². The van der Waals surface area contributed by atoms with Gasteiger partial charge in [-0.3, -0.25) is 19.8 Å². The van der Waals surface area contributed by atoms with Gasteiger partial charge in [0.1, 0.15) is 5.92 Å². The monoisotopic (exact) mass is 254 g/mol. The third-order valence-corrected chi connectivity index (χ3v) is 3.67. The predicted octanol–water partition coefficient (Wildman–Crippen LogP) is 0.516. The van der Waals surface area contributed by atoms with Gasteiger partial charge in [-0.25, -0.2) is 4.79 Å². The van der Waals surface area contributed by atoms with Gasteiger partial charge in [-0.1, -0.05) is 6.92 Å². The molecule has 0 bridgehead atoms. The molecule has 2 saturated heterocycles. The number of amides is 4.